The Bertz CT molecular complexity index is 923. The van der Waals surface area contributed by atoms with Gasteiger partial charge in [-0.05, 0) is 51.5 Å². The number of hydrogen-bond acceptors (Lipinski definition) is 6. The van der Waals surface area contributed by atoms with Gasteiger partial charge in [0.1, 0.15) is 11.5 Å². The van der Waals surface area contributed by atoms with E-state index in [4.69, 9.17) is 4.74 Å². The van der Waals surface area contributed by atoms with Gasteiger partial charge in [0, 0.05) is 16.0 Å². The lowest BCUT2D eigenvalue weighted by atomic mass is 9.88. The summed E-state index contributed by atoms with van der Waals surface area (Å²) in [5.74, 6) is -0.152. The van der Waals surface area contributed by atoms with Gasteiger partial charge in [-0.1, -0.05) is 18.3 Å². The Kier molecular flexibility index (Phi) is 5.86. The number of fused-ring (bicyclic) bond motifs is 1. The van der Waals surface area contributed by atoms with Gasteiger partial charge in [0.25, 0.3) is 0 Å². The molecule has 8 heteroatoms. The molecule has 2 aromatic heterocycles. The van der Waals surface area contributed by atoms with Crippen molar-refractivity contribution in [1.29, 1.82) is 0 Å². The van der Waals surface area contributed by atoms with E-state index in [9.17, 15) is 14.4 Å². The lowest BCUT2D eigenvalue weighted by Gasteiger charge is -2.18. The Morgan fingerprint density at radius 3 is 2.78 bits per heavy atom. The first-order valence-corrected chi connectivity index (χ1v) is 10.8. The number of thiazole rings is 1. The van der Waals surface area contributed by atoms with E-state index in [0.717, 1.165) is 46.7 Å². The molecule has 0 aromatic carbocycles. The second-order valence-corrected chi connectivity index (χ2v) is 9.21. The van der Waals surface area contributed by atoms with Crippen molar-refractivity contribution in [3.8, 4) is 0 Å². The van der Waals surface area contributed by atoms with Gasteiger partial charge in [0.05, 0.1) is 11.7 Å². The number of amides is 1. The van der Waals surface area contributed by atoms with E-state index in [2.05, 4.69) is 12.2 Å². The fourth-order valence-electron chi connectivity index (χ4n) is 3.23. The number of rotatable bonds is 5. The van der Waals surface area contributed by atoms with Gasteiger partial charge in [-0.3, -0.25) is 14.2 Å². The molecule has 0 saturated carbocycles. The van der Waals surface area contributed by atoms with Gasteiger partial charge in [-0.25, -0.2) is 4.79 Å². The largest absolute Gasteiger partial charge is 0.459 e. The van der Waals surface area contributed by atoms with Crippen LogP contribution in [-0.4, -0.2) is 22.5 Å². The number of carbonyl (C=O) groups excluding carboxylic acids is 2. The average Bonchev–Trinajstić information content (AvgIpc) is 3.07. The molecule has 1 amide bonds. The number of nitrogens with one attached hydrogen (secondary N) is 1. The number of anilines is 1. The number of thiophene rings is 1. The van der Waals surface area contributed by atoms with Gasteiger partial charge in [-0.2, -0.15) is 0 Å². The van der Waals surface area contributed by atoms with E-state index in [-0.39, 0.29) is 23.4 Å². The topological polar surface area (TPSA) is 77.4 Å². The molecule has 0 spiro atoms. The molecular weight excluding hydrogens is 384 g/mol. The third kappa shape index (κ3) is 4.32. The summed E-state index contributed by atoms with van der Waals surface area (Å²) in [5.41, 5.74) is 2.24. The van der Waals surface area contributed by atoms with Crippen LogP contribution >= 0.6 is 22.7 Å². The zero-order valence-electron chi connectivity index (χ0n) is 16.0. The molecule has 0 aliphatic heterocycles. The van der Waals surface area contributed by atoms with Crippen molar-refractivity contribution < 1.29 is 14.3 Å². The van der Waals surface area contributed by atoms with E-state index >= 15 is 0 Å². The third-order valence-corrected chi connectivity index (χ3v) is 6.64. The van der Waals surface area contributed by atoms with Crippen LogP contribution in [-0.2, 0) is 28.9 Å². The van der Waals surface area contributed by atoms with E-state index in [1.165, 1.54) is 15.9 Å². The zero-order valence-corrected chi connectivity index (χ0v) is 17.6. The van der Waals surface area contributed by atoms with Crippen LogP contribution < -0.4 is 10.2 Å². The molecule has 6 nitrogen and oxygen atoms in total. The third-order valence-electron chi connectivity index (χ3n) is 4.59. The van der Waals surface area contributed by atoms with Crippen LogP contribution in [0.1, 0.15) is 53.7 Å². The number of hydrogen-bond donors (Lipinski definition) is 1. The first kappa shape index (κ1) is 19.8. The minimum atomic E-state index is -0.392. The van der Waals surface area contributed by atoms with E-state index in [1.54, 1.807) is 12.3 Å². The highest BCUT2D eigenvalue weighted by molar-refractivity contribution is 7.17. The SMILES string of the molecule is Cc1csc(=O)n1CC(=O)Nc1sc2c(c1C(=O)OC(C)C)CCC(C)C2. The number of ether oxygens (including phenoxy) is 1. The van der Waals surface area contributed by atoms with E-state index in [0.29, 0.717) is 16.5 Å². The van der Waals surface area contributed by atoms with Crippen LogP contribution in [0.25, 0.3) is 0 Å². The summed E-state index contributed by atoms with van der Waals surface area (Å²) >= 11 is 2.53. The van der Waals surface area contributed by atoms with E-state index < -0.39 is 5.97 Å². The molecule has 2 heterocycles. The highest BCUT2D eigenvalue weighted by atomic mass is 32.1. The summed E-state index contributed by atoms with van der Waals surface area (Å²) in [6.07, 6.45) is 2.50. The Hall–Kier alpha value is -1.93. The number of carbonyl (C=O) groups is 2. The quantitative estimate of drug-likeness (QED) is 0.767. The summed E-state index contributed by atoms with van der Waals surface area (Å²) in [5, 5.41) is 5.11. The first-order valence-electron chi connectivity index (χ1n) is 9.06. The molecule has 0 bridgehead atoms. The van der Waals surface area contributed by atoms with Gasteiger partial charge < -0.3 is 10.1 Å². The minimum Gasteiger partial charge on any atom is -0.459 e. The van der Waals surface area contributed by atoms with Crippen molar-refractivity contribution in [2.75, 3.05) is 5.32 Å². The fraction of sp³-hybridized carbons (Fsp3) is 0.526. The van der Waals surface area contributed by atoms with Crippen LogP contribution in [0, 0.1) is 12.8 Å². The standard InChI is InChI=1S/C19H24N2O4S2/c1-10(2)25-18(23)16-13-6-5-11(3)7-14(13)27-17(16)20-15(22)8-21-12(4)9-26-19(21)24/h9-11H,5-8H2,1-4H3,(H,20,22). The number of aromatic nitrogens is 1. The molecule has 1 atom stereocenters. The molecule has 1 N–H and O–H groups in total. The predicted molar refractivity (Wildman–Crippen MR) is 108 cm³/mol. The van der Waals surface area contributed by atoms with Crippen LogP contribution in [0.3, 0.4) is 0 Å². The van der Waals surface area contributed by atoms with Crippen molar-refractivity contribution in [2.45, 2.75) is 59.6 Å². The molecule has 1 aliphatic carbocycles. The summed E-state index contributed by atoms with van der Waals surface area (Å²) < 4.78 is 6.85. The predicted octanol–water partition coefficient (Wildman–Crippen LogP) is 3.61. The monoisotopic (exact) mass is 408 g/mol. The molecule has 27 heavy (non-hydrogen) atoms. The zero-order chi connectivity index (χ0) is 19.7. The molecule has 2 aromatic rings. The van der Waals surface area contributed by atoms with E-state index in [1.807, 2.05) is 13.8 Å². The maximum absolute atomic E-state index is 12.7. The summed E-state index contributed by atoms with van der Waals surface area (Å²) in [6.45, 7) is 7.54. The highest BCUT2D eigenvalue weighted by Crippen LogP contribution is 2.40. The average molecular weight is 409 g/mol. The van der Waals surface area contributed by atoms with Gasteiger partial charge in [-0.15, -0.1) is 11.3 Å². The van der Waals surface area contributed by atoms with Gasteiger partial charge in [0.2, 0.25) is 5.91 Å². The second-order valence-electron chi connectivity index (χ2n) is 7.29. The van der Waals surface area contributed by atoms with Crippen molar-refractivity contribution in [1.82, 2.24) is 4.57 Å². The normalized spacial score (nSPS) is 16.3. The van der Waals surface area contributed by atoms with Crippen LogP contribution in [0.15, 0.2) is 10.2 Å². The van der Waals surface area contributed by atoms with Crippen LogP contribution in [0.4, 0.5) is 5.00 Å². The Morgan fingerprint density at radius 1 is 1.41 bits per heavy atom. The lowest BCUT2D eigenvalue weighted by Crippen LogP contribution is -2.25. The smallest absolute Gasteiger partial charge is 0.341 e. The Balaban J connectivity index is 1.88. The molecule has 1 unspecified atom stereocenters. The first-order chi connectivity index (χ1) is 12.8. The van der Waals surface area contributed by atoms with Crippen LogP contribution in [0.5, 0.6) is 0 Å². The maximum atomic E-state index is 12.7. The van der Waals surface area contributed by atoms with Crippen molar-refractivity contribution >= 4 is 39.6 Å². The molecule has 0 radical (unpaired) electrons. The van der Waals surface area contributed by atoms with Gasteiger partial charge >= 0.3 is 10.8 Å². The van der Waals surface area contributed by atoms with Crippen molar-refractivity contribution in [2.24, 2.45) is 5.92 Å². The van der Waals surface area contributed by atoms with Crippen LogP contribution in [0.2, 0.25) is 0 Å². The number of aryl methyl sites for hydroxylation is 1. The highest BCUT2D eigenvalue weighted by Gasteiger charge is 2.29. The van der Waals surface area contributed by atoms with Crippen molar-refractivity contribution in [3.05, 3.63) is 36.7 Å². The lowest BCUT2D eigenvalue weighted by molar-refractivity contribution is -0.116. The molecule has 1 aliphatic rings. The summed E-state index contributed by atoms with van der Waals surface area (Å²) in [7, 11) is 0. The minimum absolute atomic E-state index is 0.0637. The fourth-order valence-corrected chi connectivity index (χ4v) is 5.38. The Labute approximate surface area is 166 Å². The maximum Gasteiger partial charge on any atom is 0.341 e. The molecular formula is C19H24N2O4S2. The summed E-state index contributed by atoms with van der Waals surface area (Å²) in [6, 6.07) is 0. The summed E-state index contributed by atoms with van der Waals surface area (Å²) in [4.78, 5) is 38.1. The number of nitrogens with zero attached hydrogens (tertiary/aromatic N) is 1. The molecule has 3 rings (SSSR count). The molecule has 146 valence electrons. The Morgan fingerprint density at radius 2 is 2.15 bits per heavy atom. The van der Waals surface area contributed by atoms with Crippen molar-refractivity contribution in [3.63, 3.8) is 0 Å². The molecule has 0 saturated heterocycles. The van der Waals surface area contributed by atoms with Gasteiger partial charge in [0.15, 0.2) is 0 Å². The second kappa shape index (κ2) is 7.98. The molecule has 0 fully saturated rings. The number of esters is 1.